The molecule has 1 aromatic heterocycles. The number of likely N-dealkylation sites (tertiary alicyclic amines) is 1. The van der Waals surface area contributed by atoms with Crippen molar-refractivity contribution in [2.24, 2.45) is 0 Å². The van der Waals surface area contributed by atoms with E-state index in [9.17, 15) is 9.59 Å². The molecule has 1 aliphatic heterocycles. The van der Waals surface area contributed by atoms with Crippen LogP contribution in [0, 0.1) is 0 Å². The zero-order valence-corrected chi connectivity index (χ0v) is 18.5. The molecule has 0 aliphatic carbocycles. The molecule has 0 bridgehead atoms. The number of carbonyl (C=O) groups is 1. The zero-order valence-electron chi connectivity index (χ0n) is 18.5. The second-order valence-corrected chi connectivity index (χ2v) is 9.31. The second kappa shape index (κ2) is 8.67. The Morgan fingerprint density at radius 3 is 2.42 bits per heavy atom. The minimum atomic E-state index is -0.363. The molecule has 0 radical (unpaired) electrons. The lowest BCUT2D eigenvalue weighted by Crippen LogP contribution is -2.37. The highest BCUT2D eigenvalue weighted by atomic mass is 16.3. The molecule has 2 aromatic carbocycles. The number of nitrogens with zero attached hydrogens (tertiary/aromatic N) is 1. The van der Waals surface area contributed by atoms with Gasteiger partial charge in [-0.25, -0.2) is 0 Å². The zero-order chi connectivity index (χ0) is 22.0. The summed E-state index contributed by atoms with van der Waals surface area (Å²) in [4.78, 5) is 27.6. The first-order valence-corrected chi connectivity index (χ1v) is 11.0. The molecule has 0 spiro atoms. The summed E-state index contributed by atoms with van der Waals surface area (Å²) in [6, 6.07) is 17.1. The molecule has 1 saturated heterocycles. The molecular formula is C26H30N2O3. The molecule has 1 atom stereocenters. The van der Waals surface area contributed by atoms with Crippen LogP contribution in [0.1, 0.15) is 61.3 Å². The normalized spacial score (nSPS) is 15.8. The van der Waals surface area contributed by atoms with E-state index < -0.39 is 0 Å². The van der Waals surface area contributed by atoms with E-state index in [1.807, 2.05) is 0 Å². The lowest BCUT2D eigenvalue weighted by Gasteiger charge is -2.29. The summed E-state index contributed by atoms with van der Waals surface area (Å²) in [6.45, 7) is 9.12. The van der Waals surface area contributed by atoms with Gasteiger partial charge in [-0.2, -0.15) is 0 Å². The Morgan fingerprint density at radius 1 is 1.06 bits per heavy atom. The highest BCUT2D eigenvalue weighted by molar-refractivity contribution is 5.93. The van der Waals surface area contributed by atoms with Crippen molar-refractivity contribution in [1.29, 1.82) is 0 Å². The van der Waals surface area contributed by atoms with E-state index in [1.165, 1.54) is 30.0 Å². The summed E-state index contributed by atoms with van der Waals surface area (Å²) < 4.78 is 5.70. The number of hydrogen-bond acceptors (Lipinski definition) is 4. The standard InChI is InChI=1S/C26H30N2O3/c1-26(2,3)19-12-10-18(11-13-19)21(28-14-6-7-15-28)17-27-25(30)24-16-22(29)20-8-4-5-9-23(20)31-24/h4-5,8-13,16,21H,6-7,14-15,17H2,1-3H3,(H,27,30)/t21-/m0/s1. The highest BCUT2D eigenvalue weighted by Crippen LogP contribution is 2.28. The molecule has 162 valence electrons. The first-order valence-electron chi connectivity index (χ1n) is 11.0. The third kappa shape index (κ3) is 4.72. The predicted octanol–water partition coefficient (Wildman–Crippen LogP) is 4.66. The van der Waals surface area contributed by atoms with E-state index in [0.717, 1.165) is 13.1 Å². The fourth-order valence-corrected chi connectivity index (χ4v) is 4.21. The van der Waals surface area contributed by atoms with Crippen LogP contribution in [0.15, 0.2) is 63.8 Å². The molecule has 3 aromatic rings. The molecule has 1 amide bonds. The molecule has 1 N–H and O–H groups in total. The monoisotopic (exact) mass is 418 g/mol. The fraction of sp³-hybridized carbons (Fsp3) is 0.385. The molecule has 0 unspecified atom stereocenters. The minimum absolute atomic E-state index is 0.0481. The maximum Gasteiger partial charge on any atom is 0.287 e. The predicted molar refractivity (Wildman–Crippen MR) is 124 cm³/mol. The maximum absolute atomic E-state index is 12.8. The molecule has 5 heteroatoms. The van der Waals surface area contributed by atoms with E-state index in [-0.39, 0.29) is 28.6 Å². The van der Waals surface area contributed by atoms with Crippen LogP contribution in [-0.2, 0) is 5.41 Å². The van der Waals surface area contributed by atoms with Crippen LogP contribution in [0.25, 0.3) is 11.0 Å². The minimum Gasteiger partial charge on any atom is -0.451 e. The van der Waals surface area contributed by atoms with E-state index in [2.05, 4.69) is 55.3 Å². The molecule has 4 rings (SSSR count). The molecule has 1 fully saturated rings. The van der Waals surface area contributed by atoms with Gasteiger partial charge in [0, 0.05) is 12.6 Å². The van der Waals surface area contributed by atoms with Gasteiger partial charge in [-0.1, -0.05) is 57.2 Å². The van der Waals surface area contributed by atoms with Crippen molar-refractivity contribution in [3.05, 3.63) is 81.7 Å². The summed E-state index contributed by atoms with van der Waals surface area (Å²) >= 11 is 0. The molecule has 5 nitrogen and oxygen atoms in total. The second-order valence-electron chi connectivity index (χ2n) is 9.31. The van der Waals surface area contributed by atoms with Gasteiger partial charge in [-0.05, 0) is 54.6 Å². The lowest BCUT2D eigenvalue weighted by molar-refractivity contribution is 0.0910. The number of benzene rings is 2. The quantitative estimate of drug-likeness (QED) is 0.655. The Kier molecular flexibility index (Phi) is 5.96. The lowest BCUT2D eigenvalue weighted by atomic mass is 9.86. The van der Waals surface area contributed by atoms with Crippen LogP contribution in [0.5, 0.6) is 0 Å². The van der Waals surface area contributed by atoms with Crippen LogP contribution in [0.3, 0.4) is 0 Å². The van der Waals surface area contributed by atoms with Crippen molar-refractivity contribution in [1.82, 2.24) is 10.2 Å². The largest absolute Gasteiger partial charge is 0.451 e. The van der Waals surface area contributed by atoms with Gasteiger partial charge in [0.05, 0.1) is 11.4 Å². The Bertz CT molecular complexity index is 1120. The van der Waals surface area contributed by atoms with Gasteiger partial charge >= 0.3 is 0 Å². The van der Waals surface area contributed by atoms with Crippen molar-refractivity contribution in [3.63, 3.8) is 0 Å². The van der Waals surface area contributed by atoms with Gasteiger partial charge in [-0.3, -0.25) is 14.5 Å². The molecule has 0 saturated carbocycles. The van der Waals surface area contributed by atoms with Crippen molar-refractivity contribution < 1.29 is 9.21 Å². The summed E-state index contributed by atoms with van der Waals surface area (Å²) in [5.41, 5.74) is 2.80. The maximum atomic E-state index is 12.8. The van der Waals surface area contributed by atoms with Crippen molar-refractivity contribution >= 4 is 16.9 Å². The molecular weight excluding hydrogens is 388 g/mol. The number of carbonyl (C=O) groups excluding carboxylic acids is 1. The van der Waals surface area contributed by atoms with Crippen LogP contribution >= 0.6 is 0 Å². The number of hydrogen-bond donors (Lipinski definition) is 1. The summed E-state index contributed by atoms with van der Waals surface area (Å²) in [6.07, 6.45) is 2.34. The average Bonchev–Trinajstić information content (AvgIpc) is 3.28. The first-order chi connectivity index (χ1) is 14.8. The van der Waals surface area contributed by atoms with E-state index in [4.69, 9.17) is 4.42 Å². The van der Waals surface area contributed by atoms with Crippen LogP contribution in [0.2, 0.25) is 0 Å². The summed E-state index contributed by atoms with van der Waals surface area (Å²) in [5.74, 6) is -0.315. The summed E-state index contributed by atoms with van der Waals surface area (Å²) in [7, 11) is 0. The van der Waals surface area contributed by atoms with Crippen LogP contribution in [-0.4, -0.2) is 30.4 Å². The molecule has 1 aliphatic rings. The van der Waals surface area contributed by atoms with Crippen molar-refractivity contribution in [2.45, 2.75) is 45.1 Å². The Labute approximate surface area is 183 Å². The van der Waals surface area contributed by atoms with Gasteiger partial charge in [0.2, 0.25) is 0 Å². The van der Waals surface area contributed by atoms with Crippen molar-refractivity contribution in [2.75, 3.05) is 19.6 Å². The topological polar surface area (TPSA) is 62.6 Å². The number of nitrogens with one attached hydrogen (secondary N) is 1. The third-order valence-corrected chi connectivity index (χ3v) is 6.06. The van der Waals surface area contributed by atoms with Gasteiger partial charge < -0.3 is 9.73 Å². The fourth-order valence-electron chi connectivity index (χ4n) is 4.21. The SMILES string of the molecule is CC(C)(C)c1ccc([C@H](CNC(=O)c2cc(=O)c3ccccc3o2)N2CCCC2)cc1. The van der Waals surface area contributed by atoms with Gasteiger partial charge in [0.15, 0.2) is 11.2 Å². The van der Waals surface area contributed by atoms with E-state index in [0.29, 0.717) is 17.5 Å². The van der Waals surface area contributed by atoms with Gasteiger partial charge in [0.1, 0.15) is 5.58 Å². The smallest absolute Gasteiger partial charge is 0.287 e. The van der Waals surface area contributed by atoms with Crippen LogP contribution < -0.4 is 10.7 Å². The van der Waals surface area contributed by atoms with Crippen molar-refractivity contribution in [3.8, 4) is 0 Å². The average molecular weight is 419 g/mol. The number of para-hydroxylation sites is 1. The summed E-state index contributed by atoms with van der Waals surface area (Å²) in [5, 5.41) is 3.48. The number of rotatable bonds is 5. The molecule has 2 heterocycles. The molecule has 31 heavy (non-hydrogen) atoms. The third-order valence-electron chi connectivity index (χ3n) is 6.06. The Hall–Kier alpha value is -2.92. The number of amides is 1. The van der Waals surface area contributed by atoms with Gasteiger partial charge in [-0.15, -0.1) is 0 Å². The Morgan fingerprint density at radius 2 is 1.74 bits per heavy atom. The highest BCUT2D eigenvalue weighted by Gasteiger charge is 2.25. The number of fused-ring (bicyclic) bond motifs is 1. The Balaban J connectivity index is 1.54. The van der Waals surface area contributed by atoms with Gasteiger partial charge in [0.25, 0.3) is 5.91 Å². The van der Waals surface area contributed by atoms with E-state index in [1.54, 1.807) is 24.3 Å². The van der Waals surface area contributed by atoms with E-state index >= 15 is 0 Å². The first kappa shape index (κ1) is 21.3. The van der Waals surface area contributed by atoms with Crippen LogP contribution in [0.4, 0.5) is 0 Å².